The van der Waals surface area contributed by atoms with Crippen LogP contribution < -0.4 is 0 Å². The summed E-state index contributed by atoms with van der Waals surface area (Å²) in [5.74, 6) is -3.42. The number of imide groups is 3. The van der Waals surface area contributed by atoms with Gasteiger partial charge in [-0.3, -0.25) is 19.2 Å². The monoisotopic (exact) mass is 171 g/mol. The van der Waals surface area contributed by atoms with E-state index in [0.717, 1.165) is 20.8 Å². The minimum absolute atomic E-state index is 0.308. The lowest BCUT2D eigenvalue weighted by Gasteiger charge is -2.11. The molecule has 0 aromatic rings. The molecule has 5 heteroatoms. The number of hydrogen-bond donors (Lipinski definition) is 0. The van der Waals surface area contributed by atoms with Crippen LogP contribution >= 0.6 is 0 Å². The van der Waals surface area contributed by atoms with E-state index in [0.29, 0.717) is 4.90 Å². The number of Topliss-reactive ketones (excluding diaryl/α,β-unsaturated/α-hetero) is 1. The zero-order valence-corrected chi connectivity index (χ0v) is 7.08. The largest absolute Gasteiger partial charge is 0.303 e. The van der Waals surface area contributed by atoms with Crippen molar-refractivity contribution in [1.29, 1.82) is 0 Å². The molecule has 5 nitrogen and oxygen atoms in total. The molecular formula is C7H9NO4. The first-order chi connectivity index (χ1) is 5.37. The highest BCUT2D eigenvalue weighted by atomic mass is 16.2. The smallest absolute Gasteiger partial charge is 0.289 e. The summed E-state index contributed by atoms with van der Waals surface area (Å²) in [5.41, 5.74) is 0. The molecule has 0 fully saturated rings. The van der Waals surface area contributed by atoms with E-state index in [1.54, 1.807) is 0 Å². The predicted molar refractivity (Wildman–Crippen MR) is 38.9 cm³/mol. The molecule has 0 aliphatic carbocycles. The Balaban J connectivity index is 4.76. The van der Waals surface area contributed by atoms with Crippen LogP contribution in [0.15, 0.2) is 0 Å². The van der Waals surface area contributed by atoms with Crippen LogP contribution in [0.2, 0.25) is 0 Å². The Morgan fingerprint density at radius 2 is 1.17 bits per heavy atom. The molecule has 0 spiro atoms. The second-order valence-corrected chi connectivity index (χ2v) is 2.23. The molecule has 0 unspecified atom stereocenters. The van der Waals surface area contributed by atoms with Gasteiger partial charge in [0.25, 0.3) is 0 Å². The molecule has 12 heavy (non-hydrogen) atoms. The Morgan fingerprint density at radius 1 is 0.833 bits per heavy atom. The lowest BCUT2D eigenvalue weighted by Crippen LogP contribution is -2.42. The summed E-state index contributed by atoms with van der Waals surface area (Å²) in [6, 6.07) is 0. The van der Waals surface area contributed by atoms with Gasteiger partial charge in [-0.05, 0) is 0 Å². The van der Waals surface area contributed by atoms with Gasteiger partial charge in [0.15, 0.2) is 0 Å². The molecular weight excluding hydrogens is 162 g/mol. The van der Waals surface area contributed by atoms with Gasteiger partial charge in [0.2, 0.25) is 17.6 Å². The van der Waals surface area contributed by atoms with Gasteiger partial charge in [-0.15, -0.1) is 0 Å². The second-order valence-electron chi connectivity index (χ2n) is 2.23. The van der Waals surface area contributed by atoms with Gasteiger partial charge in [0.1, 0.15) is 0 Å². The zero-order valence-electron chi connectivity index (χ0n) is 7.08. The summed E-state index contributed by atoms with van der Waals surface area (Å²) < 4.78 is 0. The molecule has 0 bridgehead atoms. The number of carbonyl (C=O) groups is 4. The van der Waals surface area contributed by atoms with Gasteiger partial charge in [-0.1, -0.05) is 0 Å². The second kappa shape index (κ2) is 3.75. The average Bonchev–Trinajstić information content (AvgIpc) is 1.85. The number of carbonyl (C=O) groups excluding carboxylic acids is 4. The number of nitrogens with zero attached hydrogens (tertiary/aromatic N) is 1. The van der Waals surface area contributed by atoms with Gasteiger partial charge < -0.3 is 0 Å². The van der Waals surface area contributed by atoms with Crippen molar-refractivity contribution in [2.75, 3.05) is 0 Å². The summed E-state index contributed by atoms with van der Waals surface area (Å²) in [7, 11) is 0. The van der Waals surface area contributed by atoms with E-state index in [9.17, 15) is 19.2 Å². The summed E-state index contributed by atoms with van der Waals surface area (Å²) in [5, 5.41) is 0. The first-order valence-corrected chi connectivity index (χ1v) is 3.24. The molecule has 0 aliphatic heterocycles. The normalized spacial score (nSPS) is 8.92. The molecule has 0 saturated heterocycles. The van der Waals surface area contributed by atoms with Crippen molar-refractivity contribution in [2.24, 2.45) is 0 Å². The number of hydrogen-bond acceptors (Lipinski definition) is 4. The standard InChI is InChI=1S/C7H9NO4/c1-4(9)7(12)8(5(2)10)6(3)11/h1-3H3. The lowest BCUT2D eigenvalue weighted by atomic mass is 10.3. The van der Waals surface area contributed by atoms with Crippen LogP contribution in [0.4, 0.5) is 0 Å². The van der Waals surface area contributed by atoms with Crippen molar-refractivity contribution in [1.82, 2.24) is 4.90 Å². The molecule has 0 aromatic carbocycles. The van der Waals surface area contributed by atoms with Crippen molar-refractivity contribution in [2.45, 2.75) is 20.8 Å². The quantitative estimate of drug-likeness (QED) is 0.498. The van der Waals surface area contributed by atoms with E-state index in [4.69, 9.17) is 0 Å². The molecule has 0 aromatic heterocycles. The van der Waals surface area contributed by atoms with Gasteiger partial charge in [0, 0.05) is 20.8 Å². The molecule has 0 rings (SSSR count). The molecule has 0 radical (unpaired) electrons. The van der Waals surface area contributed by atoms with Gasteiger partial charge in [-0.2, -0.15) is 0 Å². The van der Waals surface area contributed by atoms with Crippen LogP contribution in [-0.4, -0.2) is 28.4 Å². The van der Waals surface area contributed by atoms with E-state index < -0.39 is 23.5 Å². The molecule has 0 heterocycles. The number of ketones is 1. The Morgan fingerprint density at radius 3 is 1.25 bits per heavy atom. The van der Waals surface area contributed by atoms with Crippen molar-refractivity contribution in [3.63, 3.8) is 0 Å². The van der Waals surface area contributed by atoms with Crippen LogP contribution in [0.25, 0.3) is 0 Å². The van der Waals surface area contributed by atoms with E-state index in [2.05, 4.69) is 0 Å². The fourth-order valence-electron chi connectivity index (χ4n) is 0.665. The molecule has 0 atom stereocenters. The highest BCUT2D eigenvalue weighted by molar-refractivity contribution is 6.40. The van der Waals surface area contributed by atoms with Gasteiger partial charge in [-0.25, -0.2) is 4.90 Å². The van der Waals surface area contributed by atoms with Crippen molar-refractivity contribution in [3.8, 4) is 0 Å². The Labute approximate surface area is 69.3 Å². The summed E-state index contributed by atoms with van der Waals surface area (Å²) >= 11 is 0. The average molecular weight is 171 g/mol. The summed E-state index contributed by atoms with van der Waals surface area (Å²) in [6.07, 6.45) is 0. The van der Waals surface area contributed by atoms with Crippen LogP contribution in [0.5, 0.6) is 0 Å². The summed E-state index contributed by atoms with van der Waals surface area (Å²) in [4.78, 5) is 43.0. The molecule has 0 aliphatic rings. The van der Waals surface area contributed by atoms with Crippen LogP contribution in [0.3, 0.4) is 0 Å². The first-order valence-electron chi connectivity index (χ1n) is 3.24. The highest BCUT2D eigenvalue weighted by Gasteiger charge is 2.25. The third-order valence-corrected chi connectivity index (χ3v) is 1.13. The third kappa shape index (κ3) is 2.26. The van der Waals surface area contributed by atoms with Crippen molar-refractivity contribution in [3.05, 3.63) is 0 Å². The maximum absolute atomic E-state index is 10.9. The molecule has 66 valence electrons. The molecule has 3 amide bonds. The Hall–Kier alpha value is -1.52. The maximum atomic E-state index is 10.9. The predicted octanol–water partition coefficient (Wildman–Crippen LogP) is -0.503. The maximum Gasteiger partial charge on any atom is 0.303 e. The summed E-state index contributed by atoms with van der Waals surface area (Å²) in [6.45, 7) is 3.09. The van der Waals surface area contributed by atoms with Gasteiger partial charge >= 0.3 is 5.91 Å². The van der Waals surface area contributed by atoms with E-state index in [-0.39, 0.29) is 0 Å². The zero-order chi connectivity index (χ0) is 9.89. The Kier molecular flexibility index (Phi) is 3.28. The third-order valence-electron chi connectivity index (χ3n) is 1.13. The van der Waals surface area contributed by atoms with E-state index >= 15 is 0 Å². The van der Waals surface area contributed by atoms with Crippen LogP contribution in [0, 0.1) is 0 Å². The van der Waals surface area contributed by atoms with E-state index in [1.807, 2.05) is 0 Å². The Bertz CT molecular complexity index is 242. The van der Waals surface area contributed by atoms with Crippen molar-refractivity contribution >= 4 is 23.5 Å². The number of amides is 3. The van der Waals surface area contributed by atoms with E-state index in [1.165, 1.54) is 0 Å². The topological polar surface area (TPSA) is 71.5 Å². The minimum atomic E-state index is -1.09. The van der Waals surface area contributed by atoms with Crippen LogP contribution in [0.1, 0.15) is 20.8 Å². The number of rotatable bonds is 1. The molecule has 0 saturated carbocycles. The van der Waals surface area contributed by atoms with Crippen molar-refractivity contribution < 1.29 is 19.2 Å². The SMILES string of the molecule is CC(=O)C(=O)N(C(C)=O)C(C)=O. The highest BCUT2D eigenvalue weighted by Crippen LogP contribution is 1.93. The first kappa shape index (κ1) is 10.5. The molecule has 0 N–H and O–H groups in total. The fraction of sp³-hybridized carbons (Fsp3) is 0.429. The lowest BCUT2D eigenvalue weighted by molar-refractivity contribution is -0.156. The van der Waals surface area contributed by atoms with Crippen LogP contribution in [-0.2, 0) is 19.2 Å². The minimum Gasteiger partial charge on any atom is -0.289 e. The fourth-order valence-corrected chi connectivity index (χ4v) is 0.665. The van der Waals surface area contributed by atoms with Gasteiger partial charge in [0.05, 0.1) is 0 Å².